The lowest BCUT2D eigenvalue weighted by molar-refractivity contribution is 1.07. The summed E-state index contributed by atoms with van der Waals surface area (Å²) in [6, 6.07) is 0. The van der Waals surface area contributed by atoms with Crippen molar-refractivity contribution in [3.8, 4) is 0 Å². The van der Waals surface area contributed by atoms with E-state index in [0.29, 0.717) is 0 Å². The molecule has 0 radical (unpaired) electrons. The summed E-state index contributed by atoms with van der Waals surface area (Å²) >= 11 is 0. The summed E-state index contributed by atoms with van der Waals surface area (Å²) in [5, 5.41) is 3.12. The van der Waals surface area contributed by atoms with Gasteiger partial charge in [0, 0.05) is 12.4 Å². The Hall–Kier alpha value is -1.31. The van der Waals surface area contributed by atoms with Gasteiger partial charge in [-0.2, -0.15) is 0 Å². The Morgan fingerprint density at radius 3 is 3.40 bits per heavy atom. The fourth-order valence-corrected chi connectivity index (χ4v) is 1.05. The number of rotatable bonds is 0. The predicted molar refractivity (Wildman–Crippen MR) is 41.6 cm³/mol. The average molecular weight is 132 g/mol. The molecule has 0 atom stereocenters. The lowest BCUT2D eigenvalue weighted by atomic mass is 10.1. The molecule has 0 spiro atoms. The number of allylic oxidation sites excluding steroid dienone is 3. The maximum absolute atomic E-state index is 4.17. The van der Waals surface area contributed by atoms with E-state index in [0.717, 1.165) is 17.8 Å². The van der Waals surface area contributed by atoms with Crippen LogP contribution in [0.4, 0.5) is 0 Å². The molecule has 0 amide bonds. The second-order valence-electron chi connectivity index (χ2n) is 2.23. The molecule has 0 bridgehead atoms. The van der Waals surface area contributed by atoms with Crippen LogP contribution in [0.3, 0.4) is 0 Å². The molecule has 2 nitrogen and oxygen atoms in total. The van der Waals surface area contributed by atoms with E-state index in [1.165, 1.54) is 0 Å². The first-order valence-electron chi connectivity index (χ1n) is 3.33. The Morgan fingerprint density at radius 2 is 2.50 bits per heavy atom. The Balaban J connectivity index is 2.39. The van der Waals surface area contributed by atoms with Crippen molar-refractivity contribution in [1.29, 1.82) is 0 Å². The van der Waals surface area contributed by atoms with Crippen LogP contribution in [0.1, 0.15) is 6.42 Å². The maximum Gasteiger partial charge on any atom is 0.0858 e. The number of hydrogen-bond acceptors (Lipinski definition) is 2. The van der Waals surface area contributed by atoms with Crippen LogP contribution in [-0.2, 0) is 0 Å². The van der Waals surface area contributed by atoms with Crippen LogP contribution >= 0.6 is 0 Å². The zero-order valence-corrected chi connectivity index (χ0v) is 5.54. The first-order chi connectivity index (χ1) is 4.97. The van der Waals surface area contributed by atoms with Crippen LogP contribution in [0.2, 0.25) is 0 Å². The topological polar surface area (TPSA) is 24.4 Å². The highest BCUT2D eigenvalue weighted by Crippen LogP contribution is 2.08. The number of nitrogens with one attached hydrogen (secondary N) is 1. The van der Waals surface area contributed by atoms with Crippen LogP contribution in [0.5, 0.6) is 0 Å². The molecule has 2 rings (SSSR count). The third kappa shape index (κ3) is 0.778. The van der Waals surface area contributed by atoms with Gasteiger partial charge in [-0.1, -0.05) is 12.2 Å². The third-order valence-corrected chi connectivity index (χ3v) is 1.54. The number of fused-ring (bicyclic) bond motifs is 1. The van der Waals surface area contributed by atoms with Gasteiger partial charge < -0.3 is 5.32 Å². The number of hydrogen-bond donors (Lipinski definition) is 1. The molecule has 0 aromatic carbocycles. The highest BCUT2D eigenvalue weighted by atomic mass is 14.9. The van der Waals surface area contributed by atoms with Gasteiger partial charge in [-0.25, -0.2) is 0 Å². The Bertz CT molecular complexity index is 256. The summed E-state index contributed by atoms with van der Waals surface area (Å²) in [6.45, 7) is 0. The van der Waals surface area contributed by atoms with Crippen LogP contribution < -0.4 is 5.32 Å². The van der Waals surface area contributed by atoms with Crippen molar-refractivity contribution < 1.29 is 0 Å². The minimum absolute atomic E-state index is 1.01. The van der Waals surface area contributed by atoms with Gasteiger partial charge in [0.2, 0.25) is 0 Å². The monoisotopic (exact) mass is 132 g/mol. The first kappa shape index (κ1) is 5.47. The zero-order chi connectivity index (χ0) is 6.81. The van der Waals surface area contributed by atoms with E-state index in [1.54, 1.807) is 6.20 Å². The minimum Gasteiger partial charge on any atom is -0.359 e. The molecule has 10 heavy (non-hydrogen) atoms. The largest absolute Gasteiger partial charge is 0.359 e. The second kappa shape index (κ2) is 2.14. The Morgan fingerprint density at radius 1 is 1.50 bits per heavy atom. The third-order valence-electron chi connectivity index (χ3n) is 1.54. The van der Waals surface area contributed by atoms with Crippen molar-refractivity contribution in [3.63, 3.8) is 0 Å². The van der Waals surface area contributed by atoms with Crippen LogP contribution in [0, 0.1) is 0 Å². The van der Waals surface area contributed by atoms with E-state index < -0.39 is 0 Å². The molecule has 0 unspecified atom stereocenters. The van der Waals surface area contributed by atoms with Crippen LogP contribution in [-0.4, -0.2) is 5.71 Å². The summed E-state index contributed by atoms with van der Waals surface area (Å²) < 4.78 is 0. The van der Waals surface area contributed by atoms with E-state index in [9.17, 15) is 0 Å². The van der Waals surface area contributed by atoms with Crippen molar-refractivity contribution in [2.75, 3.05) is 0 Å². The second-order valence-corrected chi connectivity index (χ2v) is 2.23. The molecule has 1 N–H and O–H groups in total. The van der Waals surface area contributed by atoms with Crippen molar-refractivity contribution >= 4 is 5.71 Å². The van der Waals surface area contributed by atoms with Crippen molar-refractivity contribution in [2.24, 2.45) is 4.99 Å². The Labute approximate surface area is 59.7 Å². The minimum atomic E-state index is 1.01. The van der Waals surface area contributed by atoms with Gasteiger partial charge in [0.1, 0.15) is 0 Å². The molecule has 0 saturated carbocycles. The fraction of sp³-hybridized carbons (Fsp3) is 0.125. The maximum atomic E-state index is 4.17. The molecule has 1 aliphatic carbocycles. The van der Waals surface area contributed by atoms with E-state index in [4.69, 9.17) is 0 Å². The van der Waals surface area contributed by atoms with Crippen molar-refractivity contribution in [2.45, 2.75) is 6.42 Å². The lowest BCUT2D eigenvalue weighted by Crippen LogP contribution is -2.17. The molecule has 2 aliphatic rings. The highest BCUT2D eigenvalue weighted by Gasteiger charge is 2.06. The van der Waals surface area contributed by atoms with Gasteiger partial charge in [0.05, 0.1) is 11.4 Å². The molecule has 0 fully saturated rings. The quantitative estimate of drug-likeness (QED) is 0.528. The van der Waals surface area contributed by atoms with E-state index in [-0.39, 0.29) is 0 Å². The summed E-state index contributed by atoms with van der Waals surface area (Å²) in [6.07, 6.45) is 10.9. The standard InChI is InChI=1S/C8H8N2/c1-2-4-8-7(3-1)9-5-6-10-8/h1,3-6,10H,2H2. The molecule has 1 heterocycles. The highest BCUT2D eigenvalue weighted by molar-refractivity contribution is 6.09. The molecule has 1 aliphatic heterocycles. The Kier molecular flexibility index (Phi) is 1.17. The van der Waals surface area contributed by atoms with Crippen LogP contribution in [0.15, 0.2) is 41.3 Å². The SMILES string of the molecule is C1=CC2=NC=CNC2=CC1. The first-order valence-corrected chi connectivity index (χ1v) is 3.33. The van der Waals surface area contributed by atoms with Crippen molar-refractivity contribution in [1.82, 2.24) is 5.32 Å². The van der Waals surface area contributed by atoms with E-state index in [1.807, 2.05) is 12.3 Å². The van der Waals surface area contributed by atoms with Gasteiger partial charge >= 0.3 is 0 Å². The fourth-order valence-electron chi connectivity index (χ4n) is 1.05. The predicted octanol–water partition coefficient (Wildman–Crippen LogP) is 1.35. The molecule has 0 saturated heterocycles. The normalized spacial score (nSPS) is 20.8. The lowest BCUT2D eigenvalue weighted by Gasteiger charge is -2.12. The van der Waals surface area contributed by atoms with E-state index >= 15 is 0 Å². The van der Waals surface area contributed by atoms with E-state index in [2.05, 4.69) is 22.5 Å². The van der Waals surface area contributed by atoms with Gasteiger partial charge in [-0.05, 0) is 12.5 Å². The van der Waals surface area contributed by atoms with Gasteiger partial charge in [-0.3, -0.25) is 4.99 Å². The zero-order valence-electron chi connectivity index (χ0n) is 5.54. The molecule has 2 heteroatoms. The molecule has 0 aromatic heterocycles. The number of aliphatic imine (C=N–C) groups is 1. The van der Waals surface area contributed by atoms with Crippen LogP contribution in [0.25, 0.3) is 0 Å². The molecular weight excluding hydrogens is 124 g/mol. The van der Waals surface area contributed by atoms with Gasteiger partial charge in [-0.15, -0.1) is 0 Å². The summed E-state index contributed by atoms with van der Waals surface area (Å²) in [5.74, 6) is 0. The van der Waals surface area contributed by atoms with Gasteiger partial charge in [0.15, 0.2) is 0 Å². The summed E-state index contributed by atoms with van der Waals surface area (Å²) in [4.78, 5) is 4.17. The summed E-state index contributed by atoms with van der Waals surface area (Å²) in [7, 11) is 0. The average Bonchev–Trinajstić information content (AvgIpc) is 2.05. The molecule has 0 aromatic rings. The van der Waals surface area contributed by atoms with Gasteiger partial charge in [0.25, 0.3) is 0 Å². The summed E-state index contributed by atoms with van der Waals surface area (Å²) in [5.41, 5.74) is 2.17. The molecule has 50 valence electrons. The van der Waals surface area contributed by atoms with Crippen molar-refractivity contribution in [3.05, 3.63) is 36.3 Å². The smallest absolute Gasteiger partial charge is 0.0858 e. The number of nitrogens with zero attached hydrogens (tertiary/aromatic N) is 1. The molecular formula is C8H8N2.